The zero-order chi connectivity index (χ0) is 20.1. The van der Waals surface area contributed by atoms with E-state index in [-0.39, 0.29) is 36.1 Å². The number of hydrogen-bond donors (Lipinski definition) is 3. The first kappa shape index (κ1) is 19.1. The minimum Gasteiger partial charge on any atom is -0.378 e. The molecule has 0 spiro atoms. The van der Waals surface area contributed by atoms with Crippen LogP contribution in [0.5, 0.6) is 0 Å². The van der Waals surface area contributed by atoms with Crippen molar-refractivity contribution in [3.05, 3.63) is 68.3 Å². The highest BCUT2D eigenvalue weighted by atomic mass is 16.6. The van der Waals surface area contributed by atoms with Gasteiger partial charge in [0.15, 0.2) is 0 Å². The van der Waals surface area contributed by atoms with Crippen LogP contribution in [0.2, 0.25) is 0 Å². The lowest BCUT2D eigenvalue weighted by molar-refractivity contribution is -0.384. The fraction of sp³-hybridized carbons (Fsp3) is 0.278. The van der Waals surface area contributed by atoms with Crippen molar-refractivity contribution in [1.82, 2.24) is 5.32 Å². The smallest absolute Gasteiger partial charge is 0.293 e. The van der Waals surface area contributed by atoms with Gasteiger partial charge in [-0.2, -0.15) is 0 Å². The Morgan fingerprint density at radius 1 is 0.964 bits per heavy atom. The number of carbonyl (C=O) groups excluding carboxylic acids is 1. The van der Waals surface area contributed by atoms with Gasteiger partial charge in [-0.1, -0.05) is 12.1 Å². The SMILES string of the molecule is O=C(NCCNc1ccccc1[N+](=O)[O-])c1ccc(NC2CC2)c([N+](=O)[O-])c1. The van der Waals surface area contributed by atoms with Crippen LogP contribution < -0.4 is 16.0 Å². The second-order valence-corrected chi connectivity index (χ2v) is 6.36. The van der Waals surface area contributed by atoms with Crippen LogP contribution in [0.15, 0.2) is 42.5 Å². The van der Waals surface area contributed by atoms with Gasteiger partial charge in [0, 0.05) is 36.8 Å². The molecule has 1 fully saturated rings. The summed E-state index contributed by atoms with van der Waals surface area (Å²) in [5, 5.41) is 30.9. The zero-order valence-corrected chi connectivity index (χ0v) is 14.9. The number of benzene rings is 2. The van der Waals surface area contributed by atoms with Crippen LogP contribution in [0.4, 0.5) is 22.7 Å². The van der Waals surface area contributed by atoms with E-state index in [0.29, 0.717) is 11.4 Å². The Labute approximate surface area is 160 Å². The largest absolute Gasteiger partial charge is 0.378 e. The van der Waals surface area contributed by atoms with Crippen LogP contribution in [0.1, 0.15) is 23.2 Å². The molecular weight excluding hydrogens is 366 g/mol. The van der Waals surface area contributed by atoms with Crippen LogP contribution >= 0.6 is 0 Å². The van der Waals surface area contributed by atoms with E-state index in [1.807, 2.05) is 0 Å². The summed E-state index contributed by atoms with van der Waals surface area (Å²) in [6.45, 7) is 0.459. The first-order valence-electron chi connectivity index (χ1n) is 8.76. The number of nitro benzene ring substituents is 2. The van der Waals surface area contributed by atoms with Gasteiger partial charge in [-0.15, -0.1) is 0 Å². The molecule has 10 nitrogen and oxygen atoms in total. The number of nitrogens with one attached hydrogen (secondary N) is 3. The molecule has 146 valence electrons. The molecule has 1 aliphatic carbocycles. The lowest BCUT2D eigenvalue weighted by atomic mass is 10.1. The summed E-state index contributed by atoms with van der Waals surface area (Å²) in [5.41, 5.74) is 0.745. The van der Waals surface area contributed by atoms with Crippen molar-refractivity contribution in [2.75, 3.05) is 23.7 Å². The van der Waals surface area contributed by atoms with E-state index >= 15 is 0 Å². The van der Waals surface area contributed by atoms with Gasteiger partial charge in [0.05, 0.1) is 9.85 Å². The second-order valence-electron chi connectivity index (χ2n) is 6.36. The normalized spacial score (nSPS) is 12.9. The molecule has 0 atom stereocenters. The lowest BCUT2D eigenvalue weighted by Gasteiger charge is -2.10. The molecule has 2 aromatic rings. The highest BCUT2D eigenvalue weighted by Gasteiger charge is 2.25. The number of rotatable bonds is 9. The van der Waals surface area contributed by atoms with Crippen molar-refractivity contribution in [1.29, 1.82) is 0 Å². The summed E-state index contributed by atoms with van der Waals surface area (Å²) in [6.07, 6.45) is 1.96. The maximum Gasteiger partial charge on any atom is 0.293 e. The molecule has 0 saturated heterocycles. The number of nitrogens with zero attached hydrogens (tertiary/aromatic N) is 2. The summed E-state index contributed by atoms with van der Waals surface area (Å²) >= 11 is 0. The van der Waals surface area contributed by atoms with Crippen LogP contribution in [-0.4, -0.2) is 34.9 Å². The monoisotopic (exact) mass is 385 g/mol. The minimum atomic E-state index is -0.516. The summed E-state index contributed by atoms with van der Waals surface area (Å²) in [7, 11) is 0. The van der Waals surface area contributed by atoms with Gasteiger partial charge in [0.25, 0.3) is 17.3 Å². The minimum absolute atomic E-state index is 0.0526. The van der Waals surface area contributed by atoms with Crippen LogP contribution in [0, 0.1) is 20.2 Å². The third kappa shape index (κ3) is 4.72. The number of carbonyl (C=O) groups is 1. The van der Waals surface area contributed by atoms with Gasteiger partial charge in [-0.3, -0.25) is 25.0 Å². The fourth-order valence-electron chi connectivity index (χ4n) is 2.65. The number of anilines is 2. The second kappa shape index (κ2) is 8.33. The summed E-state index contributed by atoms with van der Waals surface area (Å²) < 4.78 is 0. The zero-order valence-electron chi connectivity index (χ0n) is 14.9. The molecule has 0 radical (unpaired) electrons. The topological polar surface area (TPSA) is 139 Å². The van der Waals surface area contributed by atoms with Gasteiger partial charge in [0.1, 0.15) is 11.4 Å². The predicted molar refractivity (Wildman–Crippen MR) is 104 cm³/mol. The van der Waals surface area contributed by atoms with Gasteiger partial charge in [0.2, 0.25) is 0 Å². The molecule has 1 amide bonds. The molecular formula is C18H19N5O5. The van der Waals surface area contributed by atoms with Crippen molar-refractivity contribution in [3.8, 4) is 0 Å². The number of hydrogen-bond acceptors (Lipinski definition) is 7. The first-order chi connectivity index (χ1) is 13.5. The Balaban J connectivity index is 1.57. The molecule has 1 saturated carbocycles. The van der Waals surface area contributed by atoms with Crippen molar-refractivity contribution >= 4 is 28.7 Å². The summed E-state index contributed by atoms with van der Waals surface area (Å²) in [6, 6.07) is 10.8. The molecule has 0 heterocycles. The van der Waals surface area contributed by atoms with Crippen molar-refractivity contribution in [2.24, 2.45) is 0 Å². The Bertz CT molecular complexity index is 913. The van der Waals surface area contributed by atoms with E-state index in [1.165, 1.54) is 24.3 Å². The van der Waals surface area contributed by atoms with Crippen molar-refractivity contribution in [3.63, 3.8) is 0 Å². The van der Waals surface area contributed by atoms with Crippen LogP contribution in [-0.2, 0) is 0 Å². The number of amides is 1. The van der Waals surface area contributed by atoms with Gasteiger partial charge in [-0.05, 0) is 31.0 Å². The Morgan fingerprint density at radius 2 is 1.68 bits per heavy atom. The van der Waals surface area contributed by atoms with E-state index in [0.717, 1.165) is 12.8 Å². The van der Waals surface area contributed by atoms with Crippen molar-refractivity contribution < 1.29 is 14.6 Å². The number of nitro groups is 2. The molecule has 3 rings (SSSR count). The predicted octanol–water partition coefficient (Wildman–Crippen LogP) is 2.92. The Hall–Kier alpha value is -3.69. The maximum atomic E-state index is 12.3. The number of para-hydroxylation sites is 2. The van der Waals surface area contributed by atoms with Gasteiger partial charge >= 0.3 is 0 Å². The molecule has 2 aromatic carbocycles. The van der Waals surface area contributed by atoms with E-state index < -0.39 is 15.8 Å². The van der Waals surface area contributed by atoms with E-state index in [4.69, 9.17) is 0 Å². The Kier molecular flexibility index (Phi) is 5.68. The highest BCUT2D eigenvalue weighted by molar-refractivity contribution is 5.95. The van der Waals surface area contributed by atoms with Gasteiger partial charge < -0.3 is 16.0 Å². The average Bonchev–Trinajstić information content (AvgIpc) is 3.49. The fourth-order valence-corrected chi connectivity index (χ4v) is 2.65. The van der Waals surface area contributed by atoms with E-state index in [2.05, 4.69) is 16.0 Å². The quantitative estimate of drug-likeness (QED) is 0.342. The third-order valence-electron chi connectivity index (χ3n) is 4.22. The molecule has 0 aliphatic heterocycles. The van der Waals surface area contributed by atoms with Gasteiger partial charge in [-0.25, -0.2) is 0 Å². The average molecular weight is 385 g/mol. The first-order valence-corrected chi connectivity index (χ1v) is 8.76. The molecule has 10 heteroatoms. The molecule has 28 heavy (non-hydrogen) atoms. The Morgan fingerprint density at radius 3 is 2.36 bits per heavy atom. The van der Waals surface area contributed by atoms with Crippen LogP contribution in [0.3, 0.4) is 0 Å². The standard InChI is InChI=1S/C18H19N5O5/c24-18(20-10-9-19-14-3-1-2-4-16(14)22(25)26)12-5-8-15(21-13-6-7-13)17(11-12)23(27)28/h1-5,8,11,13,19,21H,6-7,9-10H2,(H,20,24). The maximum absolute atomic E-state index is 12.3. The molecule has 0 bridgehead atoms. The van der Waals surface area contributed by atoms with Crippen molar-refractivity contribution in [2.45, 2.75) is 18.9 Å². The van der Waals surface area contributed by atoms with Crippen LogP contribution in [0.25, 0.3) is 0 Å². The summed E-state index contributed by atoms with van der Waals surface area (Å²) in [5.74, 6) is -0.453. The lowest BCUT2D eigenvalue weighted by Crippen LogP contribution is -2.29. The highest BCUT2D eigenvalue weighted by Crippen LogP contribution is 2.31. The van der Waals surface area contributed by atoms with E-state index in [1.54, 1.807) is 18.2 Å². The molecule has 0 unspecified atom stereocenters. The third-order valence-corrected chi connectivity index (χ3v) is 4.22. The molecule has 3 N–H and O–H groups in total. The molecule has 1 aliphatic rings. The summed E-state index contributed by atoms with van der Waals surface area (Å²) in [4.78, 5) is 33.5. The van der Waals surface area contributed by atoms with E-state index in [9.17, 15) is 25.0 Å². The molecule has 0 aromatic heterocycles.